The lowest BCUT2D eigenvalue weighted by atomic mass is 9.76. The number of carbonyl (C=O) groups is 2. The third kappa shape index (κ3) is 7.41. The van der Waals surface area contributed by atoms with Crippen molar-refractivity contribution in [1.82, 2.24) is 10.6 Å². The van der Waals surface area contributed by atoms with Gasteiger partial charge in [-0.05, 0) is 30.7 Å². The van der Waals surface area contributed by atoms with Crippen LogP contribution in [-0.2, 0) is 16.0 Å². The lowest BCUT2D eigenvalue weighted by molar-refractivity contribution is -0.119. The lowest BCUT2D eigenvalue weighted by Crippen LogP contribution is -2.47. The Morgan fingerprint density at radius 2 is 1.73 bits per heavy atom. The number of amides is 2. The van der Waals surface area contributed by atoms with Crippen molar-refractivity contribution in [2.24, 2.45) is 5.92 Å². The Morgan fingerprint density at radius 3 is 2.38 bits per heavy atom. The Bertz CT molecular complexity index is 601. The van der Waals surface area contributed by atoms with E-state index in [9.17, 15) is 19.6 Å². The molecule has 26 heavy (non-hydrogen) atoms. The summed E-state index contributed by atoms with van der Waals surface area (Å²) in [5.74, 6) is -1.17. The van der Waals surface area contributed by atoms with Crippen LogP contribution in [0.15, 0.2) is 42.5 Å². The van der Waals surface area contributed by atoms with E-state index >= 15 is 0 Å². The monoisotopic (exact) mass is 358 g/mol. The second-order valence-electron chi connectivity index (χ2n) is 6.80. The average Bonchev–Trinajstić information content (AvgIpc) is 2.66. The van der Waals surface area contributed by atoms with Gasteiger partial charge in [0.25, 0.3) is 0 Å². The minimum atomic E-state index is -1.69. The van der Waals surface area contributed by atoms with Gasteiger partial charge in [0.15, 0.2) is 0 Å². The topological polar surface area (TPSA) is 98.7 Å². The Hall–Kier alpha value is -2.12. The molecule has 1 saturated carbocycles. The zero-order valence-corrected chi connectivity index (χ0v) is 14.9. The number of benzene rings is 1. The van der Waals surface area contributed by atoms with Crippen molar-refractivity contribution in [3.63, 3.8) is 0 Å². The molecule has 2 rings (SSSR count). The highest BCUT2D eigenvalue weighted by Crippen LogP contribution is 2.22. The average molecular weight is 358 g/mol. The molecule has 1 aromatic rings. The minimum Gasteiger partial charge on any atom is -0.426 e. The van der Waals surface area contributed by atoms with E-state index in [1.807, 2.05) is 30.3 Å². The molecule has 6 nitrogen and oxygen atoms in total. The molecule has 0 radical (unpaired) electrons. The van der Waals surface area contributed by atoms with E-state index in [1.165, 1.54) is 25.3 Å². The molecule has 1 unspecified atom stereocenters. The molecule has 0 aliphatic heterocycles. The molecule has 7 heteroatoms. The number of hydrogen-bond acceptors (Lipinski definition) is 4. The van der Waals surface area contributed by atoms with Crippen LogP contribution in [0.4, 0.5) is 0 Å². The highest BCUT2D eigenvalue weighted by molar-refractivity contribution is 6.43. The quantitative estimate of drug-likeness (QED) is 0.411. The van der Waals surface area contributed by atoms with Gasteiger partial charge in [-0.25, -0.2) is 0 Å². The van der Waals surface area contributed by atoms with Gasteiger partial charge in [0, 0.05) is 18.7 Å². The summed E-state index contributed by atoms with van der Waals surface area (Å²) in [5, 5.41) is 24.3. The molecule has 1 aliphatic rings. The van der Waals surface area contributed by atoms with Gasteiger partial charge in [0.2, 0.25) is 11.8 Å². The van der Waals surface area contributed by atoms with E-state index in [0.29, 0.717) is 12.5 Å². The number of rotatable bonds is 8. The van der Waals surface area contributed by atoms with Crippen LogP contribution in [0.2, 0.25) is 0 Å². The molecule has 0 saturated heterocycles. The number of nitrogens with one attached hydrogen (secondary N) is 2. The van der Waals surface area contributed by atoms with E-state index in [4.69, 9.17) is 0 Å². The maximum atomic E-state index is 12.0. The molecule has 1 atom stereocenters. The Balaban J connectivity index is 1.77. The van der Waals surface area contributed by atoms with Gasteiger partial charge in [-0.1, -0.05) is 49.6 Å². The van der Waals surface area contributed by atoms with E-state index in [2.05, 4.69) is 10.6 Å². The zero-order chi connectivity index (χ0) is 18.8. The van der Waals surface area contributed by atoms with E-state index < -0.39 is 19.0 Å². The second-order valence-corrected chi connectivity index (χ2v) is 6.80. The van der Waals surface area contributed by atoms with Crippen LogP contribution in [0.25, 0.3) is 0 Å². The molecule has 0 bridgehead atoms. The third-order valence-corrected chi connectivity index (χ3v) is 4.66. The Labute approximate surface area is 154 Å². The Morgan fingerprint density at radius 1 is 1.08 bits per heavy atom. The summed E-state index contributed by atoms with van der Waals surface area (Å²) in [6, 6.07) is 9.23. The smallest absolute Gasteiger partial charge is 0.426 e. The van der Waals surface area contributed by atoms with E-state index in [1.54, 1.807) is 0 Å². The minimum absolute atomic E-state index is 0.284. The summed E-state index contributed by atoms with van der Waals surface area (Å²) in [4.78, 5) is 23.8. The fraction of sp³-hybridized carbons (Fsp3) is 0.474. The zero-order valence-electron chi connectivity index (χ0n) is 14.9. The maximum Gasteiger partial charge on any atom is 0.475 e. The summed E-state index contributed by atoms with van der Waals surface area (Å²) in [7, 11) is -1.69. The van der Waals surface area contributed by atoms with Crippen LogP contribution < -0.4 is 10.6 Å². The largest absolute Gasteiger partial charge is 0.475 e. The molecular formula is C19H27BN2O4. The van der Waals surface area contributed by atoms with Crippen molar-refractivity contribution >= 4 is 18.9 Å². The molecule has 0 spiro atoms. The van der Waals surface area contributed by atoms with Crippen LogP contribution in [-0.4, -0.2) is 41.5 Å². The molecule has 4 N–H and O–H groups in total. The lowest BCUT2D eigenvalue weighted by Gasteiger charge is -2.21. The molecule has 0 aromatic heterocycles. The molecule has 2 amide bonds. The van der Waals surface area contributed by atoms with Gasteiger partial charge in [0.1, 0.15) is 0 Å². The Kier molecular flexibility index (Phi) is 8.38. The summed E-state index contributed by atoms with van der Waals surface area (Å²) in [5.41, 5.74) is 0.875. The van der Waals surface area contributed by atoms with Gasteiger partial charge in [-0.2, -0.15) is 0 Å². The summed E-state index contributed by atoms with van der Waals surface area (Å²) >= 11 is 0. The van der Waals surface area contributed by atoms with Crippen LogP contribution in [0.3, 0.4) is 0 Å². The first-order chi connectivity index (χ1) is 12.5. The summed E-state index contributed by atoms with van der Waals surface area (Å²) in [6.45, 7) is 0.636. The van der Waals surface area contributed by atoms with E-state index in [-0.39, 0.29) is 12.3 Å². The summed E-state index contributed by atoms with van der Waals surface area (Å²) in [6.07, 6.45) is 8.56. The van der Waals surface area contributed by atoms with Gasteiger partial charge in [-0.15, -0.1) is 0 Å². The standard InChI is InChI=1S/C19H27BN2O4/c23-18(21-14-16-9-5-2-6-10-16)11-12-19(24)22-17(20(25)26)13-15-7-3-1-4-8-15/h1,3-4,7-8,11-12,16-17,25-26H,2,5-6,9-10,13-14H2,(H,21,23)(H,22,24)/b12-11+. The predicted molar refractivity (Wildman–Crippen MR) is 101 cm³/mol. The van der Waals surface area contributed by atoms with Gasteiger partial charge in [-0.3, -0.25) is 9.59 Å². The first kappa shape index (κ1) is 20.2. The molecular weight excluding hydrogens is 331 g/mol. The van der Waals surface area contributed by atoms with Crippen LogP contribution >= 0.6 is 0 Å². The van der Waals surface area contributed by atoms with Crippen LogP contribution in [0, 0.1) is 5.92 Å². The first-order valence-corrected chi connectivity index (χ1v) is 9.21. The van der Waals surface area contributed by atoms with E-state index in [0.717, 1.165) is 24.5 Å². The molecule has 1 aliphatic carbocycles. The van der Waals surface area contributed by atoms with Gasteiger partial charge in [0.05, 0.1) is 5.94 Å². The first-order valence-electron chi connectivity index (χ1n) is 9.21. The molecule has 140 valence electrons. The molecule has 0 heterocycles. The van der Waals surface area contributed by atoms with Gasteiger partial charge < -0.3 is 20.7 Å². The van der Waals surface area contributed by atoms with Crippen molar-refractivity contribution in [2.75, 3.05) is 6.54 Å². The predicted octanol–water partition coefficient (Wildman–Crippen LogP) is 0.979. The fourth-order valence-corrected chi connectivity index (χ4v) is 3.18. The molecule has 1 fully saturated rings. The van der Waals surface area contributed by atoms with Crippen molar-refractivity contribution < 1.29 is 19.6 Å². The second kappa shape index (κ2) is 10.8. The van der Waals surface area contributed by atoms with Crippen molar-refractivity contribution in [1.29, 1.82) is 0 Å². The van der Waals surface area contributed by atoms with Gasteiger partial charge >= 0.3 is 7.12 Å². The maximum absolute atomic E-state index is 12.0. The molecule has 1 aromatic carbocycles. The fourth-order valence-electron chi connectivity index (χ4n) is 3.18. The highest BCUT2D eigenvalue weighted by Gasteiger charge is 2.24. The van der Waals surface area contributed by atoms with Crippen molar-refractivity contribution in [3.05, 3.63) is 48.0 Å². The van der Waals surface area contributed by atoms with Crippen LogP contribution in [0.1, 0.15) is 37.7 Å². The number of hydrogen-bond donors (Lipinski definition) is 4. The third-order valence-electron chi connectivity index (χ3n) is 4.66. The van der Waals surface area contributed by atoms with Crippen molar-refractivity contribution in [3.8, 4) is 0 Å². The highest BCUT2D eigenvalue weighted by atomic mass is 16.4. The number of carbonyl (C=O) groups excluding carboxylic acids is 2. The summed E-state index contributed by atoms with van der Waals surface area (Å²) < 4.78 is 0. The normalized spacial score (nSPS) is 16.2. The van der Waals surface area contributed by atoms with Crippen molar-refractivity contribution in [2.45, 2.75) is 44.5 Å². The van der Waals surface area contributed by atoms with Crippen LogP contribution in [0.5, 0.6) is 0 Å². The SMILES string of the molecule is O=C(/C=C/C(=O)NC(Cc1ccccc1)B(O)O)NCC1CCCCC1.